The zero-order valence-electron chi connectivity index (χ0n) is 18.9. The number of carbonyl (C=O) groups is 1. The highest BCUT2D eigenvalue weighted by Gasteiger charge is 2.29. The first-order valence-corrected chi connectivity index (χ1v) is 12.3. The zero-order chi connectivity index (χ0) is 23.8. The molecule has 9 nitrogen and oxygen atoms in total. The molecule has 3 aromatic rings. The van der Waals surface area contributed by atoms with E-state index in [0.29, 0.717) is 28.8 Å². The second-order valence-electron chi connectivity index (χ2n) is 9.25. The number of rotatable bonds is 5. The van der Waals surface area contributed by atoms with Gasteiger partial charge in [0.05, 0.1) is 22.5 Å². The van der Waals surface area contributed by atoms with E-state index >= 15 is 0 Å². The van der Waals surface area contributed by atoms with Gasteiger partial charge in [0.1, 0.15) is 5.60 Å². The standard InChI is InChI=1S/C23H29N5O4S/c1-23(2,3)32-22(29)27-16-10-9-15(13-16)26-20-18-11-12-28(21(18)25-14-19(20)24)33(30,31)17-7-5-4-6-8-17/h4-8,11-12,14-16H,9-10,13,24H2,1-3H3,(H,25,26)(H,27,29)/t15-,16-/m1/s1. The lowest BCUT2D eigenvalue weighted by Gasteiger charge is -2.22. The van der Waals surface area contributed by atoms with Crippen molar-refractivity contribution in [3.63, 3.8) is 0 Å². The number of nitrogens with zero attached hydrogens (tertiary/aromatic N) is 2. The number of amides is 1. The Morgan fingerprint density at radius 3 is 2.55 bits per heavy atom. The van der Waals surface area contributed by atoms with Gasteiger partial charge in [-0.05, 0) is 58.2 Å². The van der Waals surface area contributed by atoms with Crippen LogP contribution in [-0.2, 0) is 14.8 Å². The largest absolute Gasteiger partial charge is 0.444 e. The molecule has 1 aliphatic rings. The van der Waals surface area contributed by atoms with Crippen LogP contribution in [0.3, 0.4) is 0 Å². The van der Waals surface area contributed by atoms with Gasteiger partial charge in [-0.1, -0.05) is 18.2 Å². The van der Waals surface area contributed by atoms with Crippen LogP contribution >= 0.6 is 0 Å². The number of alkyl carbamates (subject to hydrolysis) is 1. The van der Waals surface area contributed by atoms with Crippen LogP contribution in [0, 0.1) is 0 Å². The van der Waals surface area contributed by atoms with Crippen LogP contribution in [0.1, 0.15) is 40.0 Å². The average molecular weight is 472 g/mol. The second-order valence-corrected chi connectivity index (χ2v) is 11.1. The van der Waals surface area contributed by atoms with Crippen LogP contribution in [0.5, 0.6) is 0 Å². The molecule has 1 amide bonds. The number of pyridine rings is 1. The Labute approximate surface area is 193 Å². The third-order valence-electron chi connectivity index (χ3n) is 5.51. The van der Waals surface area contributed by atoms with Crippen molar-refractivity contribution in [2.45, 2.75) is 62.6 Å². The van der Waals surface area contributed by atoms with Crippen LogP contribution < -0.4 is 16.4 Å². The Morgan fingerprint density at radius 1 is 1.15 bits per heavy atom. The van der Waals surface area contributed by atoms with E-state index < -0.39 is 21.7 Å². The SMILES string of the molecule is CC(C)(C)OC(=O)N[C@@H]1CC[C@@H](Nc2c(N)cnc3c2ccn3S(=O)(=O)c2ccccc2)C1. The molecule has 1 fully saturated rings. The molecule has 4 rings (SSSR count). The molecule has 0 spiro atoms. The second kappa shape index (κ2) is 8.58. The summed E-state index contributed by atoms with van der Waals surface area (Å²) < 4.78 is 32.7. The van der Waals surface area contributed by atoms with Crippen molar-refractivity contribution in [2.75, 3.05) is 11.1 Å². The molecule has 2 atom stereocenters. The van der Waals surface area contributed by atoms with Crippen molar-refractivity contribution in [2.24, 2.45) is 0 Å². The lowest BCUT2D eigenvalue weighted by atomic mass is 10.2. The molecular formula is C23H29N5O4S. The predicted molar refractivity (Wildman–Crippen MR) is 128 cm³/mol. The minimum Gasteiger partial charge on any atom is -0.444 e. The third kappa shape index (κ3) is 4.90. The minimum absolute atomic E-state index is 0.0149. The number of nitrogens with two attached hydrogens (primary N) is 1. The zero-order valence-corrected chi connectivity index (χ0v) is 19.7. The Balaban J connectivity index is 1.54. The van der Waals surface area contributed by atoms with Gasteiger partial charge in [0.2, 0.25) is 0 Å². The van der Waals surface area contributed by atoms with Crippen molar-refractivity contribution in [3.05, 3.63) is 48.8 Å². The summed E-state index contributed by atoms with van der Waals surface area (Å²) in [4.78, 5) is 16.6. The minimum atomic E-state index is -3.79. The Morgan fingerprint density at radius 2 is 1.85 bits per heavy atom. The van der Waals surface area contributed by atoms with Crippen LogP contribution in [-0.4, -0.2) is 41.2 Å². The summed E-state index contributed by atoms with van der Waals surface area (Å²) in [5.74, 6) is 0. The third-order valence-corrected chi connectivity index (χ3v) is 7.19. The number of benzene rings is 1. The summed E-state index contributed by atoms with van der Waals surface area (Å²) in [6.07, 6.45) is 4.86. The van der Waals surface area contributed by atoms with E-state index in [0.717, 1.165) is 12.8 Å². The molecule has 0 saturated heterocycles. The molecule has 4 N–H and O–H groups in total. The van der Waals surface area contributed by atoms with Crippen molar-refractivity contribution < 1.29 is 17.9 Å². The molecule has 1 aromatic carbocycles. The maximum absolute atomic E-state index is 13.1. The number of aromatic nitrogens is 2. The first-order chi connectivity index (χ1) is 15.5. The quantitative estimate of drug-likeness (QED) is 0.517. The average Bonchev–Trinajstić information content (AvgIpc) is 3.36. The Kier molecular flexibility index (Phi) is 5.96. The lowest BCUT2D eigenvalue weighted by Crippen LogP contribution is -2.38. The van der Waals surface area contributed by atoms with Gasteiger partial charge in [-0.2, -0.15) is 0 Å². The predicted octanol–water partition coefficient (Wildman–Crippen LogP) is 3.71. The number of fused-ring (bicyclic) bond motifs is 1. The molecule has 0 aliphatic heterocycles. The molecule has 0 radical (unpaired) electrons. The summed E-state index contributed by atoms with van der Waals surface area (Å²) in [6.45, 7) is 5.48. The molecule has 2 aromatic heterocycles. The van der Waals surface area contributed by atoms with Crippen LogP contribution in [0.2, 0.25) is 0 Å². The van der Waals surface area contributed by atoms with Gasteiger partial charge >= 0.3 is 6.09 Å². The van der Waals surface area contributed by atoms with E-state index in [1.54, 1.807) is 36.4 Å². The maximum Gasteiger partial charge on any atom is 0.407 e. The number of anilines is 2. The van der Waals surface area contributed by atoms with Gasteiger partial charge in [0.25, 0.3) is 10.0 Å². The molecule has 2 heterocycles. The first-order valence-electron chi connectivity index (χ1n) is 10.9. The van der Waals surface area contributed by atoms with Crippen molar-refractivity contribution in [1.82, 2.24) is 14.3 Å². The first kappa shape index (κ1) is 22.9. The summed E-state index contributed by atoms with van der Waals surface area (Å²) in [5.41, 5.74) is 7.03. The van der Waals surface area contributed by atoms with Gasteiger partial charge in [-0.3, -0.25) is 0 Å². The molecule has 0 bridgehead atoms. The van der Waals surface area contributed by atoms with E-state index in [9.17, 15) is 13.2 Å². The van der Waals surface area contributed by atoms with Crippen molar-refractivity contribution in [1.29, 1.82) is 0 Å². The molecule has 1 saturated carbocycles. The molecule has 176 valence electrons. The maximum atomic E-state index is 13.1. The number of carbonyl (C=O) groups excluding carboxylic acids is 1. The van der Waals surface area contributed by atoms with Crippen molar-refractivity contribution >= 4 is 38.5 Å². The highest BCUT2D eigenvalue weighted by Crippen LogP contribution is 2.33. The highest BCUT2D eigenvalue weighted by atomic mass is 32.2. The summed E-state index contributed by atoms with van der Waals surface area (Å²) in [6, 6.07) is 9.97. The molecule has 0 unspecified atom stereocenters. The fraction of sp³-hybridized carbons (Fsp3) is 0.391. The Hall–Kier alpha value is -3.27. The van der Waals surface area contributed by atoms with Gasteiger partial charge < -0.3 is 21.1 Å². The Bertz CT molecular complexity index is 1270. The van der Waals surface area contributed by atoms with Gasteiger partial charge in [-0.25, -0.2) is 22.2 Å². The highest BCUT2D eigenvalue weighted by molar-refractivity contribution is 7.90. The number of ether oxygens (including phenoxy) is 1. The number of nitrogen functional groups attached to an aromatic ring is 1. The summed E-state index contributed by atoms with van der Waals surface area (Å²) >= 11 is 0. The number of hydrogen-bond donors (Lipinski definition) is 3. The van der Waals surface area contributed by atoms with Crippen molar-refractivity contribution in [3.8, 4) is 0 Å². The van der Waals surface area contributed by atoms with Crippen LogP contribution in [0.4, 0.5) is 16.2 Å². The summed E-state index contributed by atoms with van der Waals surface area (Å²) in [5, 5.41) is 6.98. The van der Waals surface area contributed by atoms with E-state index in [1.807, 2.05) is 20.8 Å². The van der Waals surface area contributed by atoms with Gasteiger partial charge in [0, 0.05) is 23.7 Å². The normalized spacial score (nSPS) is 18.9. The van der Waals surface area contributed by atoms with Crippen LogP contribution in [0.15, 0.2) is 53.7 Å². The van der Waals surface area contributed by atoms with E-state index in [2.05, 4.69) is 15.6 Å². The molecule has 33 heavy (non-hydrogen) atoms. The number of nitrogens with one attached hydrogen (secondary N) is 2. The van der Waals surface area contributed by atoms with E-state index in [1.165, 1.54) is 16.4 Å². The van der Waals surface area contributed by atoms with Gasteiger partial charge in [-0.15, -0.1) is 0 Å². The fourth-order valence-electron chi connectivity index (χ4n) is 4.06. The van der Waals surface area contributed by atoms with Gasteiger partial charge in [0.15, 0.2) is 5.65 Å². The fourth-order valence-corrected chi connectivity index (χ4v) is 5.38. The number of hydrogen-bond acceptors (Lipinski definition) is 7. The summed E-state index contributed by atoms with van der Waals surface area (Å²) in [7, 11) is -3.79. The molecular weight excluding hydrogens is 442 g/mol. The van der Waals surface area contributed by atoms with E-state index in [-0.39, 0.29) is 17.0 Å². The lowest BCUT2D eigenvalue weighted by molar-refractivity contribution is 0.0505. The van der Waals surface area contributed by atoms with Crippen LogP contribution in [0.25, 0.3) is 11.0 Å². The smallest absolute Gasteiger partial charge is 0.407 e. The van der Waals surface area contributed by atoms with E-state index in [4.69, 9.17) is 10.5 Å². The molecule has 10 heteroatoms. The molecule has 1 aliphatic carbocycles. The monoisotopic (exact) mass is 471 g/mol. The topological polar surface area (TPSA) is 128 Å².